The maximum atomic E-state index is 12.5. The number of nitrogens with zero attached hydrogens (tertiary/aromatic N) is 2. The van der Waals surface area contributed by atoms with Crippen LogP contribution >= 0.6 is 11.3 Å². The highest BCUT2D eigenvalue weighted by Crippen LogP contribution is 2.37. The van der Waals surface area contributed by atoms with E-state index in [0.29, 0.717) is 18.3 Å². The number of nitrogens with two attached hydrogens (primary N) is 1. The van der Waals surface area contributed by atoms with Gasteiger partial charge < -0.3 is 15.1 Å². The van der Waals surface area contributed by atoms with Crippen molar-refractivity contribution in [2.24, 2.45) is 17.6 Å². The molecule has 5 nitrogen and oxygen atoms in total. The third-order valence-corrected chi connectivity index (χ3v) is 6.01. The first-order chi connectivity index (χ1) is 11.1. The quantitative estimate of drug-likeness (QED) is 0.938. The summed E-state index contributed by atoms with van der Waals surface area (Å²) < 4.78 is 5.59. The Balaban J connectivity index is 1.41. The van der Waals surface area contributed by atoms with Crippen LogP contribution in [0.4, 0.5) is 0 Å². The Morgan fingerprint density at radius 3 is 3.04 bits per heavy atom. The topological polar surface area (TPSA) is 72.4 Å². The monoisotopic (exact) mass is 331 g/mol. The predicted octanol–water partition coefficient (Wildman–Crippen LogP) is 2.45. The molecule has 1 saturated heterocycles. The summed E-state index contributed by atoms with van der Waals surface area (Å²) in [5.41, 5.74) is 6.97. The third-order valence-electron chi connectivity index (χ3n) is 5.10. The fraction of sp³-hybridized carbons (Fsp3) is 0.529. The van der Waals surface area contributed by atoms with Crippen LogP contribution in [0.3, 0.4) is 0 Å². The minimum atomic E-state index is 0.166. The molecule has 0 radical (unpaired) electrons. The van der Waals surface area contributed by atoms with E-state index < -0.39 is 0 Å². The molecule has 0 spiro atoms. The van der Waals surface area contributed by atoms with Crippen LogP contribution in [0.5, 0.6) is 0 Å². The Kier molecular flexibility index (Phi) is 3.73. The Morgan fingerprint density at radius 1 is 1.43 bits per heavy atom. The molecule has 0 aromatic carbocycles. The molecule has 3 atom stereocenters. The number of fused-ring (bicyclic) bond motifs is 1. The molecule has 23 heavy (non-hydrogen) atoms. The second kappa shape index (κ2) is 5.76. The molecule has 1 saturated carbocycles. The second-order valence-electron chi connectivity index (χ2n) is 6.69. The lowest BCUT2D eigenvalue weighted by Gasteiger charge is -2.18. The van der Waals surface area contributed by atoms with Crippen LogP contribution in [0.25, 0.3) is 10.8 Å². The summed E-state index contributed by atoms with van der Waals surface area (Å²) >= 11 is 1.52. The number of carbonyl (C=O) groups excluding carboxylic acids is 1. The normalized spacial score (nSPS) is 26.7. The van der Waals surface area contributed by atoms with Crippen LogP contribution in [0.15, 0.2) is 21.9 Å². The van der Waals surface area contributed by atoms with Gasteiger partial charge in [-0.1, -0.05) is 0 Å². The SMILES string of the molecule is Cc1ccc(-c2nc(CC(=O)N3CC4CCC(N)C4C3)cs2)o1. The average molecular weight is 331 g/mol. The third kappa shape index (κ3) is 2.81. The van der Waals surface area contributed by atoms with Gasteiger partial charge in [-0.15, -0.1) is 11.3 Å². The fourth-order valence-corrected chi connectivity index (χ4v) is 4.61. The first kappa shape index (κ1) is 14.9. The number of aryl methyl sites for hydroxylation is 1. The van der Waals surface area contributed by atoms with Crippen molar-refractivity contribution in [3.8, 4) is 10.8 Å². The van der Waals surface area contributed by atoms with Gasteiger partial charge in [0.2, 0.25) is 5.91 Å². The molecule has 0 bridgehead atoms. The van der Waals surface area contributed by atoms with Crippen LogP contribution in [0.2, 0.25) is 0 Å². The van der Waals surface area contributed by atoms with Crippen molar-refractivity contribution >= 4 is 17.2 Å². The summed E-state index contributed by atoms with van der Waals surface area (Å²) in [6, 6.07) is 4.11. The number of aromatic nitrogens is 1. The Hall–Kier alpha value is -1.66. The highest BCUT2D eigenvalue weighted by atomic mass is 32.1. The van der Waals surface area contributed by atoms with Gasteiger partial charge in [0.15, 0.2) is 10.8 Å². The maximum Gasteiger partial charge on any atom is 0.228 e. The number of rotatable bonds is 3. The summed E-state index contributed by atoms with van der Waals surface area (Å²) in [7, 11) is 0. The van der Waals surface area contributed by atoms with Crippen molar-refractivity contribution in [1.82, 2.24) is 9.88 Å². The zero-order valence-electron chi connectivity index (χ0n) is 13.2. The van der Waals surface area contributed by atoms with Crippen LogP contribution < -0.4 is 5.73 Å². The van der Waals surface area contributed by atoms with E-state index in [1.807, 2.05) is 29.3 Å². The Labute approximate surface area is 139 Å². The van der Waals surface area contributed by atoms with E-state index in [9.17, 15) is 4.79 Å². The van der Waals surface area contributed by atoms with Gasteiger partial charge in [-0.25, -0.2) is 4.98 Å². The molecule has 2 N–H and O–H groups in total. The first-order valence-electron chi connectivity index (χ1n) is 8.14. The van der Waals surface area contributed by atoms with Crippen LogP contribution in [0.1, 0.15) is 24.3 Å². The lowest BCUT2D eigenvalue weighted by molar-refractivity contribution is -0.129. The zero-order valence-corrected chi connectivity index (χ0v) is 14.0. The van der Waals surface area contributed by atoms with E-state index in [2.05, 4.69) is 4.98 Å². The summed E-state index contributed by atoms with van der Waals surface area (Å²) in [5.74, 6) is 2.90. The molecule has 1 aliphatic heterocycles. The number of thiazole rings is 1. The fourth-order valence-electron chi connectivity index (χ4n) is 3.83. The molecular formula is C17H21N3O2S. The number of carbonyl (C=O) groups is 1. The molecule has 3 unspecified atom stereocenters. The van der Waals surface area contributed by atoms with Gasteiger partial charge >= 0.3 is 0 Å². The lowest BCUT2D eigenvalue weighted by atomic mass is 9.98. The van der Waals surface area contributed by atoms with E-state index >= 15 is 0 Å². The van der Waals surface area contributed by atoms with E-state index in [0.717, 1.165) is 48.2 Å². The van der Waals surface area contributed by atoms with Gasteiger partial charge in [0.05, 0.1) is 12.1 Å². The largest absolute Gasteiger partial charge is 0.459 e. The smallest absolute Gasteiger partial charge is 0.228 e. The Morgan fingerprint density at radius 2 is 2.30 bits per heavy atom. The minimum absolute atomic E-state index is 0.166. The van der Waals surface area contributed by atoms with E-state index in [4.69, 9.17) is 10.2 Å². The molecule has 6 heteroatoms. The van der Waals surface area contributed by atoms with Crippen molar-refractivity contribution in [2.45, 2.75) is 32.2 Å². The number of hydrogen-bond acceptors (Lipinski definition) is 5. The van der Waals surface area contributed by atoms with Crippen LogP contribution in [-0.2, 0) is 11.2 Å². The minimum Gasteiger partial charge on any atom is -0.459 e. The van der Waals surface area contributed by atoms with E-state index in [1.165, 1.54) is 11.3 Å². The summed E-state index contributed by atoms with van der Waals surface area (Å²) in [6.45, 7) is 3.60. The number of likely N-dealkylation sites (tertiary alicyclic amines) is 1. The first-order valence-corrected chi connectivity index (χ1v) is 9.02. The van der Waals surface area contributed by atoms with Gasteiger partial charge in [0.1, 0.15) is 5.76 Å². The van der Waals surface area contributed by atoms with Gasteiger partial charge in [-0.05, 0) is 43.7 Å². The zero-order chi connectivity index (χ0) is 16.0. The van der Waals surface area contributed by atoms with Crippen molar-refractivity contribution in [1.29, 1.82) is 0 Å². The van der Waals surface area contributed by atoms with Gasteiger partial charge in [-0.2, -0.15) is 0 Å². The van der Waals surface area contributed by atoms with E-state index in [1.54, 1.807) is 0 Å². The highest BCUT2D eigenvalue weighted by molar-refractivity contribution is 7.13. The van der Waals surface area contributed by atoms with Crippen molar-refractivity contribution < 1.29 is 9.21 Å². The lowest BCUT2D eigenvalue weighted by Crippen LogP contribution is -2.34. The molecular weight excluding hydrogens is 310 g/mol. The van der Waals surface area contributed by atoms with Gasteiger partial charge in [0.25, 0.3) is 0 Å². The standard InChI is InChI=1S/C17H21N3O2S/c1-10-2-5-15(22-10)17-19-12(9-23-17)6-16(21)20-7-11-3-4-14(18)13(11)8-20/h2,5,9,11,13-14H,3-4,6-8,18H2,1H3. The molecule has 4 rings (SSSR count). The van der Waals surface area contributed by atoms with Gasteiger partial charge in [-0.3, -0.25) is 4.79 Å². The molecule has 2 fully saturated rings. The Bertz CT molecular complexity index is 723. The van der Waals surface area contributed by atoms with Crippen LogP contribution in [-0.4, -0.2) is 34.9 Å². The second-order valence-corrected chi connectivity index (χ2v) is 7.55. The van der Waals surface area contributed by atoms with Crippen LogP contribution in [0, 0.1) is 18.8 Å². The molecule has 1 aliphatic carbocycles. The summed E-state index contributed by atoms with van der Waals surface area (Å²) in [6.07, 6.45) is 2.63. The molecule has 1 amide bonds. The van der Waals surface area contributed by atoms with Crippen molar-refractivity contribution in [2.75, 3.05) is 13.1 Å². The summed E-state index contributed by atoms with van der Waals surface area (Å²) in [4.78, 5) is 19.1. The number of furan rings is 1. The number of hydrogen-bond donors (Lipinski definition) is 1. The highest BCUT2D eigenvalue weighted by Gasteiger charge is 2.42. The van der Waals surface area contributed by atoms with Gasteiger partial charge in [0, 0.05) is 24.5 Å². The molecule has 2 aromatic rings. The van der Waals surface area contributed by atoms with Crippen molar-refractivity contribution in [3.05, 3.63) is 29.0 Å². The molecule has 2 aromatic heterocycles. The predicted molar refractivity (Wildman–Crippen MR) is 89.0 cm³/mol. The number of amides is 1. The molecule has 2 aliphatic rings. The average Bonchev–Trinajstić information content (AvgIpc) is 3.25. The maximum absolute atomic E-state index is 12.5. The molecule has 3 heterocycles. The summed E-state index contributed by atoms with van der Waals surface area (Å²) in [5, 5.41) is 2.79. The van der Waals surface area contributed by atoms with Crippen molar-refractivity contribution in [3.63, 3.8) is 0 Å². The van der Waals surface area contributed by atoms with E-state index in [-0.39, 0.29) is 11.9 Å². The molecule has 122 valence electrons.